The van der Waals surface area contributed by atoms with Crippen molar-refractivity contribution in [2.75, 3.05) is 0 Å². The highest BCUT2D eigenvalue weighted by atomic mass is 79.9. The van der Waals surface area contributed by atoms with Crippen LogP contribution >= 0.6 is 15.9 Å². The van der Waals surface area contributed by atoms with E-state index >= 15 is 0 Å². The average molecular weight is 341 g/mol. The van der Waals surface area contributed by atoms with Crippen LogP contribution in [0.25, 0.3) is 0 Å². The molecular formula is C7H6BrF5N2O3. The Morgan fingerprint density at radius 1 is 1.33 bits per heavy atom. The van der Waals surface area contributed by atoms with Gasteiger partial charge in [0, 0.05) is 13.2 Å². The largest absolute Gasteiger partial charge is 0.503 e. The second-order valence-corrected chi connectivity index (χ2v) is 3.71. The van der Waals surface area contributed by atoms with Gasteiger partial charge in [0.15, 0.2) is 5.69 Å². The van der Waals surface area contributed by atoms with Gasteiger partial charge < -0.3 is 10.2 Å². The number of nitrogens with zero attached hydrogens (tertiary/aromatic N) is 2. The fourth-order valence-corrected chi connectivity index (χ4v) is 1.43. The van der Waals surface area contributed by atoms with Crippen molar-refractivity contribution < 1.29 is 37.0 Å². The topological polar surface area (TPSA) is 75.4 Å². The number of carboxylic acid groups (broad SMARTS) is 2. The molecule has 0 atom stereocenters. The summed E-state index contributed by atoms with van der Waals surface area (Å²) in [5.74, 6) is -4.94. The van der Waals surface area contributed by atoms with Crippen molar-refractivity contribution in [3.8, 4) is 0 Å². The molecule has 0 spiro atoms. The van der Waals surface area contributed by atoms with Crippen molar-refractivity contribution in [2.24, 2.45) is 7.05 Å². The van der Waals surface area contributed by atoms with Gasteiger partial charge in [-0.25, -0.2) is 4.79 Å². The molecule has 0 amide bonds. The molecule has 0 aliphatic carbocycles. The highest BCUT2D eigenvalue weighted by Gasteiger charge is 2.61. The maximum absolute atomic E-state index is 12.7. The molecule has 0 fully saturated rings. The van der Waals surface area contributed by atoms with E-state index in [1.165, 1.54) is 7.05 Å². The van der Waals surface area contributed by atoms with E-state index in [9.17, 15) is 22.0 Å². The van der Waals surface area contributed by atoms with Gasteiger partial charge in [0.25, 0.3) is 0 Å². The molecule has 0 saturated heterocycles. The molecular weight excluding hydrogens is 335 g/mol. The van der Waals surface area contributed by atoms with Crippen molar-refractivity contribution >= 4 is 22.1 Å². The number of halogens is 6. The first kappa shape index (κ1) is 16.6. The molecule has 11 heteroatoms. The van der Waals surface area contributed by atoms with E-state index in [-0.39, 0.29) is 4.47 Å². The molecule has 18 heavy (non-hydrogen) atoms. The Morgan fingerprint density at radius 3 is 1.94 bits per heavy atom. The van der Waals surface area contributed by atoms with Crippen molar-refractivity contribution in [1.82, 2.24) is 9.78 Å². The van der Waals surface area contributed by atoms with Crippen LogP contribution in [0.3, 0.4) is 0 Å². The normalized spacial score (nSPS) is 11.7. The van der Waals surface area contributed by atoms with Crippen molar-refractivity contribution in [3.63, 3.8) is 0 Å². The van der Waals surface area contributed by atoms with Gasteiger partial charge in [0.05, 0.1) is 4.47 Å². The van der Waals surface area contributed by atoms with Gasteiger partial charge in [0.1, 0.15) is 0 Å². The maximum Gasteiger partial charge on any atom is 0.503 e. The summed E-state index contributed by atoms with van der Waals surface area (Å²) in [6.07, 6.45) is -6.45. The fourth-order valence-electron chi connectivity index (χ4n) is 0.807. The lowest BCUT2D eigenvalue weighted by Gasteiger charge is -2.17. The van der Waals surface area contributed by atoms with E-state index in [0.717, 1.165) is 10.9 Å². The second-order valence-electron chi connectivity index (χ2n) is 2.85. The van der Waals surface area contributed by atoms with Gasteiger partial charge in [-0.15, -0.1) is 0 Å². The molecule has 0 unspecified atom stereocenters. The molecule has 1 heterocycles. The molecule has 0 bridgehead atoms. The Balaban J connectivity index is 0.000000631. The zero-order chi connectivity index (χ0) is 14.7. The van der Waals surface area contributed by atoms with Gasteiger partial charge in [-0.2, -0.15) is 27.1 Å². The molecule has 1 rings (SSSR count). The molecule has 2 N–H and O–H groups in total. The second kappa shape index (κ2) is 5.50. The van der Waals surface area contributed by atoms with E-state index in [1.807, 2.05) is 0 Å². The Labute approximate surface area is 105 Å². The molecule has 1 aromatic rings. The summed E-state index contributed by atoms with van der Waals surface area (Å²) in [6, 6.07) is 0. The van der Waals surface area contributed by atoms with Gasteiger partial charge in [0.2, 0.25) is 0 Å². The van der Waals surface area contributed by atoms with Crippen molar-refractivity contribution in [2.45, 2.75) is 12.1 Å². The number of alkyl halides is 5. The third kappa shape index (κ3) is 4.13. The Morgan fingerprint density at radius 2 is 1.72 bits per heavy atom. The van der Waals surface area contributed by atoms with E-state index in [2.05, 4.69) is 21.0 Å². The molecule has 104 valence electrons. The fraction of sp³-hybridized carbons (Fsp3) is 0.429. The van der Waals surface area contributed by atoms with Crippen LogP contribution in [-0.4, -0.2) is 32.3 Å². The molecule has 0 aliphatic rings. The van der Waals surface area contributed by atoms with Crippen LogP contribution in [0.4, 0.5) is 26.7 Å². The van der Waals surface area contributed by atoms with E-state index in [4.69, 9.17) is 15.0 Å². The minimum Gasteiger partial charge on any atom is -0.450 e. The van der Waals surface area contributed by atoms with E-state index in [1.54, 1.807) is 0 Å². The van der Waals surface area contributed by atoms with Crippen LogP contribution in [0.1, 0.15) is 5.69 Å². The number of carbonyl (C=O) groups is 1. The van der Waals surface area contributed by atoms with E-state index < -0.39 is 23.9 Å². The molecule has 0 aliphatic heterocycles. The third-order valence-electron chi connectivity index (χ3n) is 1.44. The number of rotatable bonds is 1. The maximum atomic E-state index is 12.7. The lowest BCUT2D eigenvalue weighted by atomic mass is 10.2. The van der Waals surface area contributed by atoms with E-state index in [0.29, 0.717) is 0 Å². The lowest BCUT2D eigenvalue weighted by Crippen LogP contribution is -2.34. The SMILES string of the molecule is Cn1cc(Br)c(C(F)(F)C(F)(F)F)n1.O=C(O)O. The summed E-state index contributed by atoms with van der Waals surface area (Å²) >= 11 is 2.58. The van der Waals surface area contributed by atoms with Crippen LogP contribution in [0, 0.1) is 0 Å². The standard InChI is InChI=1S/C6H4BrF5N2.CH2O3/c1-14-2-3(7)4(13-14)5(8,9)6(10,11)12;2-1(3)4/h2H,1H3;(H2,2,3,4). The van der Waals surface area contributed by atoms with Gasteiger partial charge in [-0.3, -0.25) is 4.68 Å². The van der Waals surface area contributed by atoms with Gasteiger partial charge in [-0.05, 0) is 15.9 Å². The highest BCUT2D eigenvalue weighted by Crippen LogP contribution is 2.45. The minimum atomic E-state index is -5.64. The smallest absolute Gasteiger partial charge is 0.450 e. The minimum absolute atomic E-state index is 0.373. The monoisotopic (exact) mass is 340 g/mol. The number of aryl methyl sites for hydroxylation is 1. The third-order valence-corrected chi connectivity index (χ3v) is 2.02. The van der Waals surface area contributed by atoms with Crippen LogP contribution in [0.15, 0.2) is 10.7 Å². The Kier molecular flexibility index (Phi) is 5.08. The summed E-state index contributed by atoms with van der Waals surface area (Å²) < 4.78 is 61.6. The van der Waals surface area contributed by atoms with Crippen LogP contribution in [0.5, 0.6) is 0 Å². The first-order chi connectivity index (χ1) is 7.89. The average Bonchev–Trinajstić information content (AvgIpc) is 2.42. The lowest BCUT2D eigenvalue weighted by molar-refractivity contribution is -0.291. The zero-order valence-electron chi connectivity index (χ0n) is 8.54. The van der Waals surface area contributed by atoms with Gasteiger partial charge in [-0.1, -0.05) is 0 Å². The van der Waals surface area contributed by atoms with Crippen molar-refractivity contribution in [1.29, 1.82) is 0 Å². The zero-order valence-corrected chi connectivity index (χ0v) is 10.1. The summed E-state index contributed by atoms with van der Waals surface area (Å²) in [5, 5.41) is 17.0. The molecule has 0 aromatic carbocycles. The predicted octanol–water partition coefficient (Wildman–Crippen LogP) is 3.06. The summed E-state index contributed by atoms with van der Waals surface area (Å²) in [6.45, 7) is 0. The molecule has 0 radical (unpaired) electrons. The number of aromatic nitrogens is 2. The summed E-state index contributed by atoms with van der Waals surface area (Å²) in [7, 11) is 1.25. The summed E-state index contributed by atoms with van der Waals surface area (Å²) in [5.41, 5.74) is -1.33. The quantitative estimate of drug-likeness (QED) is 0.770. The van der Waals surface area contributed by atoms with Gasteiger partial charge >= 0.3 is 18.3 Å². The Hall–Kier alpha value is -1.39. The molecule has 1 aromatic heterocycles. The van der Waals surface area contributed by atoms with Crippen molar-refractivity contribution in [3.05, 3.63) is 16.4 Å². The van der Waals surface area contributed by atoms with Crippen LogP contribution < -0.4 is 0 Å². The molecule has 5 nitrogen and oxygen atoms in total. The molecule has 0 saturated carbocycles. The predicted molar refractivity (Wildman–Crippen MR) is 51.5 cm³/mol. The van der Waals surface area contributed by atoms with Crippen LogP contribution in [-0.2, 0) is 13.0 Å². The Bertz CT molecular complexity index is 427. The number of hydrogen-bond donors (Lipinski definition) is 2. The highest BCUT2D eigenvalue weighted by molar-refractivity contribution is 9.10. The van der Waals surface area contributed by atoms with Crippen LogP contribution in [0.2, 0.25) is 0 Å². The first-order valence-corrected chi connectivity index (χ1v) is 4.75. The number of hydrogen-bond acceptors (Lipinski definition) is 2. The summed E-state index contributed by atoms with van der Waals surface area (Å²) in [4.78, 5) is 8.56. The first-order valence-electron chi connectivity index (χ1n) is 3.95.